The molecule has 0 saturated heterocycles. The summed E-state index contributed by atoms with van der Waals surface area (Å²) in [5, 5.41) is 9.08. The van der Waals surface area contributed by atoms with Crippen molar-refractivity contribution in [2.24, 2.45) is 0 Å². The maximum absolute atomic E-state index is 12.2. The summed E-state index contributed by atoms with van der Waals surface area (Å²) in [6.07, 6.45) is 7.69. The van der Waals surface area contributed by atoms with E-state index in [-0.39, 0.29) is 5.56 Å². The van der Waals surface area contributed by atoms with Crippen molar-refractivity contribution in [2.45, 2.75) is 52.0 Å². The standard InChI is InChI=1S/C14H18N2O/c1-10-9-16(12-6-4-3-5-7-12)14(17)13(8-15)11(10)2/h9,12H,3-7H2,1-2H3. The molecule has 17 heavy (non-hydrogen) atoms. The van der Waals surface area contributed by atoms with Crippen LogP contribution in [0.5, 0.6) is 0 Å². The molecule has 1 aliphatic rings. The number of aryl methyl sites for hydroxylation is 1. The van der Waals surface area contributed by atoms with Crippen LogP contribution in [0.3, 0.4) is 0 Å². The molecule has 0 spiro atoms. The highest BCUT2D eigenvalue weighted by atomic mass is 16.1. The first-order valence-corrected chi connectivity index (χ1v) is 6.27. The highest BCUT2D eigenvalue weighted by Gasteiger charge is 2.19. The van der Waals surface area contributed by atoms with Crippen molar-refractivity contribution in [3.63, 3.8) is 0 Å². The van der Waals surface area contributed by atoms with Crippen LogP contribution in [0.15, 0.2) is 11.0 Å². The van der Waals surface area contributed by atoms with Gasteiger partial charge >= 0.3 is 0 Å². The van der Waals surface area contributed by atoms with Crippen LogP contribution in [-0.2, 0) is 0 Å². The van der Waals surface area contributed by atoms with E-state index in [2.05, 4.69) is 6.07 Å². The second-order valence-corrected chi connectivity index (χ2v) is 4.93. The van der Waals surface area contributed by atoms with Crippen molar-refractivity contribution in [3.8, 4) is 6.07 Å². The fraction of sp³-hybridized carbons (Fsp3) is 0.571. The summed E-state index contributed by atoms with van der Waals surface area (Å²) in [5.41, 5.74) is 2.06. The van der Waals surface area contributed by atoms with Crippen LogP contribution >= 0.6 is 0 Å². The maximum Gasteiger partial charge on any atom is 0.269 e. The summed E-state index contributed by atoms with van der Waals surface area (Å²) in [4.78, 5) is 12.2. The van der Waals surface area contributed by atoms with Crippen LogP contribution in [0.1, 0.15) is 54.8 Å². The third-order valence-corrected chi connectivity index (χ3v) is 3.83. The van der Waals surface area contributed by atoms with E-state index in [1.807, 2.05) is 20.0 Å². The van der Waals surface area contributed by atoms with E-state index in [0.717, 1.165) is 24.0 Å². The van der Waals surface area contributed by atoms with Crippen molar-refractivity contribution in [2.75, 3.05) is 0 Å². The third kappa shape index (κ3) is 2.12. The van der Waals surface area contributed by atoms with Gasteiger partial charge in [0, 0.05) is 12.2 Å². The molecule has 1 heterocycles. The fourth-order valence-corrected chi connectivity index (χ4v) is 2.61. The van der Waals surface area contributed by atoms with Crippen LogP contribution in [0.25, 0.3) is 0 Å². The highest BCUT2D eigenvalue weighted by molar-refractivity contribution is 5.39. The van der Waals surface area contributed by atoms with Gasteiger partial charge in [-0.2, -0.15) is 5.26 Å². The second kappa shape index (κ2) is 4.75. The summed E-state index contributed by atoms with van der Waals surface area (Å²) < 4.78 is 1.79. The van der Waals surface area contributed by atoms with E-state index in [9.17, 15) is 4.79 Å². The predicted molar refractivity (Wildman–Crippen MR) is 67.0 cm³/mol. The molecule has 90 valence electrons. The molecular weight excluding hydrogens is 212 g/mol. The molecule has 0 bridgehead atoms. The van der Waals surface area contributed by atoms with Crippen LogP contribution in [0, 0.1) is 25.2 Å². The summed E-state index contributed by atoms with van der Waals surface area (Å²) in [5.74, 6) is 0. The molecule has 0 atom stereocenters. The largest absolute Gasteiger partial charge is 0.311 e. The van der Waals surface area contributed by atoms with Crippen LogP contribution in [0.4, 0.5) is 0 Å². The number of rotatable bonds is 1. The first-order chi connectivity index (χ1) is 8.15. The predicted octanol–water partition coefficient (Wildman–Crippen LogP) is 2.84. The van der Waals surface area contributed by atoms with Gasteiger partial charge in [-0.25, -0.2) is 0 Å². The van der Waals surface area contributed by atoms with Crippen LogP contribution < -0.4 is 5.56 Å². The van der Waals surface area contributed by atoms with Gasteiger partial charge in [-0.15, -0.1) is 0 Å². The van der Waals surface area contributed by atoms with Crippen molar-refractivity contribution in [1.82, 2.24) is 4.57 Å². The molecule has 3 nitrogen and oxygen atoms in total. The molecule has 0 aliphatic heterocycles. The molecule has 0 unspecified atom stereocenters. The van der Waals surface area contributed by atoms with E-state index in [4.69, 9.17) is 5.26 Å². The molecular formula is C14H18N2O. The summed E-state index contributed by atoms with van der Waals surface area (Å²) in [7, 11) is 0. The lowest BCUT2D eigenvalue weighted by Gasteiger charge is -2.25. The molecule has 0 amide bonds. The van der Waals surface area contributed by atoms with Crippen LogP contribution in [-0.4, -0.2) is 4.57 Å². The SMILES string of the molecule is Cc1cn(C2CCCCC2)c(=O)c(C#N)c1C. The Morgan fingerprint density at radius 2 is 1.94 bits per heavy atom. The fourth-order valence-electron chi connectivity index (χ4n) is 2.61. The Hall–Kier alpha value is -1.56. The molecule has 2 rings (SSSR count). The maximum atomic E-state index is 12.2. The Morgan fingerprint density at radius 1 is 1.29 bits per heavy atom. The monoisotopic (exact) mass is 230 g/mol. The van der Waals surface area contributed by atoms with Crippen LogP contribution in [0.2, 0.25) is 0 Å². The number of hydrogen-bond acceptors (Lipinski definition) is 2. The topological polar surface area (TPSA) is 45.8 Å². The smallest absolute Gasteiger partial charge is 0.269 e. The van der Waals surface area contributed by atoms with Crippen molar-refractivity contribution < 1.29 is 0 Å². The average molecular weight is 230 g/mol. The van der Waals surface area contributed by atoms with Crippen molar-refractivity contribution >= 4 is 0 Å². The quantitative estimate of drug-likeness (QED) is 0.744. The van der Waals surface area contributed by atoms with E-state index in [1.54, 1.807) is 4.57 Å². The third-order valence-electron chi connectivity index (χ3n) is 3.83. The molecule has 0 aromatic carbocycles. The Labute approximate surface area is 102 Å². The van der Waals surface area contributed by atoms with Gasteiger partial charge in [0.1, 0.15) is 11.6 Å². The lowest BCUT2D eigenvalue weighted by molar-refractivity contribution is 0.345. The Kier molecular flexibility index (Phi) is 3.33. The average Bonchev–Trinajstić information content (AvgIpc) is 2.36. The number of nitriles is 1. The highest BCUT2D eigenvalue weighted by Crippen LogP contribution is 2.27. The Morgan fingerprint density at radius 3 is 2.53 bits per heavy atom. The van der Waals surface area contributed by atoms with E-state index < -0.39 is 0 Å². The van der Waals surface area contributed by atoms with Gasteiger partial charge in [-0.05, 0) is 37.8 Å². The first kappa shape index (κ1) is 11.9. The zero-order valence-electron chi connectivity index (χ0n) is 10.5. The minimum absolute atomic E-state index is 0.109. The van der Waals surface area contributed by atoms with Gasteiger partial charge < -0.3 is 4.57 Å². The molecule has 1 aliphatic carbocycles. The molecule has 0 radical (unpaired) electrons. The number of nitrogens with zero attached hydrogens (tertiary/aromatic N) is 2. The van der Waals surface area contributed by atoms with E-state index >= 15 is 0 Å². The molecule has 3 heteroatoms. The first-order valence-electron chi connectivity index (χ1n) is 6.27. The van der Waals surface area contributed by atoms with Gasteiger partial charge in [0.05, 0.1) is 0 Å². The van der Waals surface area contributed by atoms with Crippen molar-refractivity contribution in [1.29, 1.82) is 5.26 Å². The van der Waals surface area contributed by atoms with E-state index in [0.29, 0.717) is 11.6 Å². The summed E-state index contributed by atoms with van der Waals surface area (Å²) in [6.45, 7) is 3.81. The number of hydrogen-bond donors (Lipinski definition) is 0. The van der Waals surface area contributed by atoms with Gasteiger partial charge in [-0.1, -0.05) is 19.3 Å². The minimum atomic E-state index is -0.109. The van der Waals surface area contributed by atoms with E-state index in [1.165, 1.54) is 19.3 Å². The van der Waals surface area contributed by atoms with Crippen molar-refractivity contribution in [3.05, 3.63) is 33.2 Å². The lowest BCUT2D eigenvalue weighted by atomic mass is 9.94. The summed E-state index contributed by atoms with van der Waals surface area (Å²) >= 11 is 0. The van der Waals surface area contributed by atoms with Gasteiger partial charge in [0.15, 0.2) is 0 Å². The van der Waals surface area contributed by atoms with Gasteiger partial charge in [-0.3, -0.25) is 4.79 Å². The normalized spacial score (nSPS) is 16.8. The molecule has 1 aromatic heterocycles. The molecule has 1 fully saturated rings. The van der Waals surface area contributed by atoms with Gasteiger partial charge in [0.2, 0.25) is 0 Å². The Balaban J connectivity index is 2.51. The molecule has 1 saturated carbocycles. The number of aromatic nitrogens is 1. The number of pyridine rings is 1. The summed E-state index contributed by atoms with van der Waals surface area (Å²) in [6, 6.07) is 2.34. The molecule has 1 aromatic rings. The second-order valence-electron chi connectivity index (χ2n) is 4.93. The molecule has 0 N–H and O–H groups in total. The lowest BCUT2D eigenvalue weighted by Crippen LogP contribution is -2.29. The minimum Gasteiger partial charge on any atom is -0.311 e. The zero-order valence-corrected chi connectivity index (χ0v) is 10.5. The zero-order chi connectivity index (χ0) is 12.4. The Bertz CT molecular complexity index is 516. The van der Waals surface area contributed by atoms with Gasteiger partial charge in [0.25, 0.3) is 5.56 Å².